The van der Waals surface area contributed by atoms with Crippen LogP contribution in [0.25, 0.3) is 0 Å². The van der Waals surface area contributed by atoms with E-state index in [9.17, 15) is 4.79 Å². The predicted molar refractivity (Wildman–Crippen MR) is 37.6 cm³/mol. The van der Waals surface area contributed by atoms with Gasteiger partial charge in [-0.05, 0) is 11.5 Å². The van der Waals surface area contributed by atoms with Crippen LogP contribution in [0.4, 0.5) is 0 Å². The summed E-state index contributed by atoms with van der Waals surface area (Å²) in [5, 5.41) is 11.7. The Morgan fingerprint density at radius 2 is 2.33 bits per heavy atom. The highest BCUT2D eigenvalue weighted by Crippen LogP contribution is 2.04. The first-order chi connectivity index (χ1) is 5.88. The van der Waals surface area contributed by atoms with Gasteiger partial charge in [-0.15, -0.1) is 10.2 Å². The molecule has 0 saturated carbocycles. The maximum absolute atomic E-state index is 11.3. The summed E-state index contributed by atoms with van der Waals surface area (Å²) in [7, 11) is 0. The van der Waals surface area contributed by atoms with E-state index in [4.69, 9.17) is 0 Å². The molecule has 0 spiro atoms. The molecule has 0 fully saturated rings. The molecule has 0 aromatic carbocycles. The van der Waals surface area contributed by atoms with Gasteiger partial charge in [-0.1, -0.05) is 4.49 Å². The van der Waals surface area contributed by atoms with Crippen molar-refractivity contribution in [3.05, 3.63) is 23.0 Å². The minimum absolute atomic E-state index is 0.141. The van der Waals surface area contributed by atoms with Crippen molar-refractivity contribution in [2.45, 2.75) is 0 Å². The maximum Gasteiger partial charge on any atom is 0.237 e. The van der Waals surface area contributed by atoms with Gasteiger partial charge in [0.25, 0.3) is 0 Å². The summed E-state index contributed by atoms with van der Waals surface area (Å²) >= 11 is 1.10. The van der Waals surface area contributed by atoms with Gasteiger partial charge in [-0.3, -0.25) is 4.79 Å². The van der Waals surface area contributed by atoms with Crippen LogP contribution in [0, 0.1) is 0 Å². The van der Waals surface area contributed by atoms with E-state index in [0.29, 0.717) is 0 Å². The lowest BCUT2D eigenvalue weighted by Gasteiger charge is -1.84. The third-order valence-corrected chi connectivity index (χ3v) is 1.69. The minimum Gasteiger partial charge on any atom is -0.345 e. The Morgan fingerprint density at radius 1 is 1.42 bits per heavy atom. The Balaban J connectivity index is 2.34. The fourth-order valence-corrected chi connectivity index (χ4v) is 1.09. The van der Waals surface area contributed by atoms with Crippen LogP contribution in [0.2, 0.25) is 0 Å². The Kier molecular flexibility index (Phi) is 1.63. The standard InChI is InChI=1S/C5H2N4O2S/c10-5(3-1-11-8-6-3)4-2-12-9-7-4/h1-2H. The van der Waals surface area contributed by atoms with Crippen LogP contribution >= 0.6 is 11.5 Å². The van der Waals surface area contributed by atoms with Crippen molar-refractivity contribution < 1.29 is 9.32 Å². The predicted octanol–water partition coefficient (Wildman–Crippen LogP) is 0.152. The molecule has 0 radical (unpaired) electrons. The van der Waals surface area contributed by atoms with Gasteiger partial charge in [0.05, 0.1) is 0 Å². The molecule has 0 N–H and O–H groups in total. The van der Waals surface area contributed by atoms with Gasteiger partial charge in [0.2, 0.25) is 5.78 Å². The molecule has 0 bridgehead atoms. The van der Waals surface area contributed by atoms with Crippen molar-refractivity contribution in [1.29, 1.82) is 0 Å². The summed E-state index contributed by atoms with van der Waals surface area (Å²) < 4.78 is 7.95. The monoisotopic (exact) mass is 182 g/mol. The number of rotatable bonds is 2. The normalized spacial score (nSPS) is 10.0. The summed E-state index contributed by atoms with van der Waals surface area (Å²) in [5.41, 5.74) is 0.401. The number of aromatic nitrogens is 4. The molecule has 2 aromatic rings. The topological polar surface area (TPSA) is 81.8 Å². The van der Waals surface area contributed by atoms with Gasteiger partial charge >= 0.3 is 0 Å². The molecule has 0 aliphatic rings. The highest BCUT2D eigenvalue weighted by atomic mass is 32.1. The lowest BCUT2D eigenvalue weighted by molar-refractivity contribution is 0.102. The van der Waals surface area contributed by atoms with Crippen molar-refractivity contribution >= 4 is 17.3 Å². The van der Waals surface area contributed by atoms with Crippen molar-refractivity contribution in [1.82, 2.24) is 20.0 Å². The first-order valence-electron chi connectivity index (χ1n) is 2.97. The molecule has 6 nitrogen and oxygen atoms in total. The Bertz CT molecular complexity index is 332. The third kappa shape index (κ3) is 1.10. The van der Waals surface area contributed by atoms with Gasteiger partial charge in [0.15, 0.2) is 12.0 Å². The lowest BCUT2D eigenvalue weighted by Crippen LogP contribution is -2.02. The highest BCUT2D eigenvalue weighted by Gasteiger charge is 2.14. The summed E-state index contributed by atoms with van der Waals surface area (Å²) in [4.78, 5) is 11.3. The number of carbonyl (C=O) groups excluding carboxylic acids is 1. The molecule has 0 saturated heterocycles. The van der Waals surface area contributed by atoms with Gasteiger partial charge in [0, 0.05) is 10.7 Å². The fraction of sp³-hybridized carbons (Fsp3) is 0. The highest BCUT2D eigenvalue weighted by molar-refractivity contribution is 7.03. The molecule has 60 valence electrons. The van der Waals surface area contributed by atoms with Crippen molar-refractivity contribution in [2.24, 2.45) is 0 Å². The molecule has 2 aromatic heterocycles. The van der Waals surface area contributed by atoms with Crippen LogP contribution in [0.5, 0.6) is 0 Å². The van der Waals surface area contributed by atoms with E-state index in [0.717, 1.165) is 11.5 Å². The van der Waals surface area contributed by atoms with E-state index in [1.807, 2.05) is 0 Å². The molecule has 2 heterocycles. The number of carbonyl (C=O) groups is 1. The summed E-state index contributed by atoms with van der Waals surface area (Å²) in [6.45, 7) is 0. The lowest BCUT2D eigenvalue weighted by atomic mass is 10.2. The van der Waals surface area contributed by atoms with Gasteiger partial charge in [0.1, 0.15) is 5.69 Å². The molecular weight excluding hydrogens is 180 g/mol. The SMILES string of the molecule is O=C(c1conn1)c1csnn1. The first kappa shape index (κ1) is 7.04. The minimum atomic E-state index is -0.329. The van der Waals surface area contributed by atoms with Crippen LogP contribution in [0.15, 0.2) is 16.2 Å². The zero-order valence-electron chi connectivity index (χ0n) is 5.67. The molecule has 7 heteroatoms. The Labute approximate surface area is 70.4 Å². The molecule has 2 rings (SSSR count). The number of hydrogen-bond donors (Lipinski definition) is 0. The van der Waals surface area contributed by atoms with E-state index >= 15 is 0 Å². The molecule has 0 unspecified atom stereocenters. The van der Waals surface area contributed by atoms with Crippen LogP contribution in [-0.2, 0) is 0 Å². The van der Waals surface area contributed by atoms with Crippen LogP contribution in [-0.4, -0.2) is 25.7 Å². The quantitative estimate of drug-likeness (QED) is 0.615. The first-order valence-corrected chi connectivity index (χ1v) is 3.80. The maximum atomic E-state index is 11.3. The zero-order valence-corrected chi connectivity index (χ0v) is 6.48. The van der Waals surface area contributed by atoms with Crippen LogP contribution in [0.1, 0.15) is 16.2 Å². The van der Waals surface area contributed by atoms with Gasteiger partial charge in [-0.25, -0.2) is 0 Å². The molecule has 0 amide bonds. The molecule has 0 aliphatic carbocycles. The molecule has 0 atom stereocenters. The van der Waals surface area contributed by atoms with Gasteiger partial charge in [-0.2, -0.15) is 0 Å². The Hall–Kier alpha value is -1.63. The van der Waals surface area contributed by atoms with Crippen molar-refractivity contribution in [2.75, 3.05) is 0 Å². The van der Waals surface area contributed by atoms with E-state index in [1.165, 1.54) is 11.6 Å². The van der Waals surface area contributed by atoms with Crippen molar-refractivity contribution in [3.8, 4) is 0 Å². The second kappa shape index (κ2) is 2.78. The van der Waals surface area contributed by atoms with Crippen LogP contribution < -0.4 is 0 Å². The zero-order chi connectivity index (χ0) is 8.39. The fourth-order valence-electron chi connectivity index (χ4n) is 0.658. The number of nitrogens with zero attached hydrogens (tertiary/aromatic N) is 4. The average Bonchev–Trinajstić information content (AvgIpc) is 2.77. The van der Waals surface area contributed by atoms with Gasteiger partial charge < -0.3 is 4.52 Å². The van der Waals surface area contributed by atoms with E-state index in [2.05, 4.69) is 24.5 Å². The third-order valence-electron chi connectivity index (χ3n) is 1.19. The molecular formula is C5H2N4O2S. The van der Waals surface area contributed by atoms with E-state index in [1.54, 1.807) is 0 Å². The smallest absolute Gasteiger partial charge is 0.237 e. The number of hydrogen-bond acceptors (Lipinski definition) is 7. The van der Waals surface area contributed by atoms with Crippen LogP contribution in [0.3, 0.4) is 0 Å². The molecule has 0 aliphatic heterocycles. The van der Waals surface area contributed by atoms with E-state index < -0.39 is 0 Å². The second-order valence-corrected chi connectivity index (χ2v) is 2.52. The van der Waals surface area contributed by atoms with Crippen molar-refractivity contribution in [3.63, 3.8) is 0 Å². The largest absolute Gasteiger partial charge is 0.345 e. The summed E-state index contributed by atoms with van der Waals surface area (Å²) in [5.74, 6) is -0.329. The second-order valence-electron chi connectivity index (χ2n) is 1.91. The average molecular weight is 182 g/mol. The number of ketones is 1. The summed E-state index contributed by atoms with van der Waals surface area (Å²) in [6.07, 6.45) is 1.17. The Morgan fingerprint density at radius 3 is 2.92 bits per heavy atom. The molecule has 12 heavy (non-hydrogen) atoms. The van der Waals surface area contributed by atoms with E-state index in [-0.39, 0.29) is 17.2 Å². The summed E-state index contributed by atoms with van der Waals surface area (Å²) in [6, 6.07) is 0.